The van der Waals surface area contributed by atoms with Crippen LogP contribution in [0.1, 0.15) is 66.2 Å². The second-order valence-electron chi connectivity index (χ2n) is 8.69. The standard InChI is InChI=1S/C28H28N2O/c1-20(15-21(2)31)16-23-10-7-22(8-11-23)9-12-24-18-29-28(30-19-24)17-26-14-13-25-5-3-4-6-27(25)26/h3-8,10-11,18-20,26H,13-17H2,1-2H3/t20?,26-/m0/s1. The number of rotatable bonds is 6. The monoisotopic (exact) mass is 408 g/mol. The van der Waals surface area contributed by atoms with Crippen LogP contribution in [-0.2, 0) is 24.1 Å². The molecule has 156 valence electrons. The molecule has 1 aromatic heterocycles. The zero-order valence-electron chi connectivity index (χ0n) is 18.3. The van der Waals surface area contributed by atoms with E-state index < -0.39 is 0 Å². The molecule has 31 heavy (non-hydrogen) atoms. The molecule has 1 aliphatic rings. The molecule has 0 aliphatic heterocycles. The Morgan fingerprint density at radius 2 is 1.74 bits per heavy atom. The third kappa shape index (κ3) is 5.67. The molecular formula is C28H28N2O. The zero-order chi connectivity index (χ0) is 21.6. The fourth-order valence-corrected chi connectivity index (χ4v) is 4.44. The van der Waals surface area contributed by atoms with Crippen molar-refractivity contribution >= 4 is 5.78 Å². The molecule has 1 unspecified atom stereocenters. The maximum absolute atomic E-state index is 11.2. The van der Waals surface area contributed by atoms with Crippen molar-refractivity contribution in [3.63, 3.8) is 0 Å². The van der Waals surface area contributed by atoms with Crippen LogP contribution in [0.2, 0.25) is 0 Å². The summed E-state index contributed by atoms with van der Waals surface area (Å²) in [5, 5.41) is 0. The zero-order valence-corrected chi connectivity index (χ0v) is 18.3. The number of carbonyl (C=O) groups excluding carboxylic acids is 1. The van der Waals surface area contributed by atoms with E-state index in [1.807, 2.05) is 24.5 Å². The molecule has 3 heteroatoms. The Morgan fingerprint density at radius 1 is 1.03 bits per heavy atom. The molecule has 2 atom stereocenters. The van der Waals surface area contributed by atoms with Crippen molar-refractivity contribution in [2.45, 2.75) is 51.9 Å². The van der Waals surface area contributed by atoms with E-state index in [2.05, 4.69) is 65.1 Å². The van der Waals surface area contributed by atoms with Crippen LogP contribution < -0.4 is 0 Å². The van der Waals surface area contributed by atoms with E-state index >= 15 is 0 Å². The maximum atomic E-state index is 11.2. The van der Waals surface area contributed by atoms with Gasteiger partial charge in [-0.1, -0.05) is 55.2 Å². The third-order valence-electron chi connectivity index (χ3n) is 5.92. The number of hydrogen-bond donors (Lipinski definition) is 0. The van der Waals surface area contributed by atoms with Crippen molar-refractivity contribution in [2.24, 2.45) is 5.92 Å². The van der Waals surface area contributed by atoms with E-state index in [1.54, 1.807) is 6.92 Å². The lowest BCUT2D eigenvalue weighted by molar-refractivity contribution is -0.117. The van der Waals surface area contributed by atoms with Crippen LogP contribution in [0.5, 0.6) is 0 Å². The van der Waals surface area contributed by atoms with Gasteiger partial charge in [0, 0.05) is 30.8 Å². The van der Waals surface area contributed by atoms with Crippen molar-refractivity contribution in [3.8, 4) is 11.8 Å². The highest BCUT2D eigenvalue weighted by Crippen LogP contribution is 2.34. The normalized spacial score (nSPS) is 15.6. The maximum Gasteiger partial charge on any atom is 0.130 e. The molecule has 0 bridgehead atoms. The van der Waals surface area contributed by atoms with Crippen LogP contribution in [0.4, 0.5) is 0 Å². The third-order valence-corrected chi connectivity index (χ3v) is 5.92. The molecular weight excluding hydrogens is 380 g/mol. The minimum absolute atomic E-state index is 0.247. The van der Waals surface area contributed by atoms with E-state index in [4.69, 9.17) is 0 Å². The highest BCUT2D eigenvalue weighted by atomic mass is 16.1. The summed E-state index contributed by atoms with van der Waals surface area (Å²) in [6.07, 6.45) is 8.40. The van der Waals surface area contributed by atoms with Crippen LogP contribution in [0, 0.1) is 17.8 Å². The Hall–Kier alpha value is -3.25. The van der Waals surface area contributed by atoms with E-state index in [0.29, 0.717) is 18.3 Å². The van der Waals surface area contributed by atoms with Crippen LogP contribution in [0.3, 0.4) is 0 Å². The van der Waals surface area contributed by atoms with Crippen molar-refractivity contribution in [2.75, 3.05) is 0 Å². The average Bonchev–Trinajstić information content (AvgIpc) is 3.16. The predicted molar refractivity (Wildman–Crippen MR) is 124 cm³/mol. The van der Waals surface area contributed by atoms with Gasteiger partial charge < -0.3 is 4.79 Å². The van der Waals surface area contributed by atoms with Gasteiger partial charge >= 0.3 is 0 Å². The minimum atomic E-state index is 0.247. The molecule has 0 saturated carbocycles. The SMILES string of the molecule is CC(=O)CC(C)Cc1ccc(C#Cc2cnc(C[C@@H]3CCc4ccccc43)nc2)cc1. The Labute approximate surface area is 185 Å². The van der Waals surface area contributed by atoms with Gasteiger partial charge in [-0.25, -0.2) is 9.97 Å². The van der Waals surface area contributed by atoms with Gasteiger partial charge in [0.25, 0.3) is 0 Å². The predicted octanol–water partition coefficient (Wildman–Crippen LogP) is 5.31. The van der Waals surface area contributed by atoms with Crippen LogP contribution in [-0.4, -0.2) is 15.8 Å². The largest absolute Gasteiger partial charge is 0.300 e. The molecule has 3 nitrogen and oxygen atoms in total. The summed E-state index contributed by atoms with van der Waals surface area (Å²) in [7, 11) is 0. The lowest BCUT2D eigenvalue weighted by Crippen LogP contribution is -2.04. The molecule has 0 radical (unpaired) electrons. The molecule has 0 fully saturated rings. The molecule has 3 aromatic rings. The number of carbonyl (C=O) groups is 1. The smallest absolute Gasteiger partial charge is 0.130 e. The summed E-state index contributed by atoms with van der Waals surface area (Å²) < 4.78 is 0. The number of benzene rings is 2. The van der Waals surface area contributed by atoms with Crippen LogP contribution >= 0.6 is 0 Å². The summed E-state index contributed by atoms with van der Waals surface area (Å²) in [6, 6.07) is 17.0. The highest BCUT2D eigenvalue weighted by molar-refractivity contribution is 5.75. The van der Waals surface area contributed by atoms with Gasteiger partial charge in [-0.2, -0.15) is 0 Å². The molecule has 2 aromatic carbocycles. The van der Waals surface area contributed by atoms with Crippen molar-refractivity contribution < 1.29 is 4.79 Å². The van der Waals surface area contributed by atoms with Crippen LogP contribution in [0.25, 0.3) is 0 Å². The summed E-state index contributed by atoms with van der Waals surface area (Å²) >= 11 is 0. The molecule has 0 N–H and O–H groups in total. The molecule has 0 amide bonds. The topological polar surface area (TPSA) is 42.9 Å². The molecule has 0 spiro atoms. The van der Waals surface area contributed by atoms with Gasteiger partial charge in [0.1, 0.15) is 11.6 Å². The number of fused-ring (bicyclic) bond motifs is 1. The summed E-state index contributed by atoms with van der Waals surface area (Å²) in [5.41, 5.74) is 5.95. The summed E-state index contributed by atoms with van der Waals surface area (Å²) in [5.74, 6) is 8.37. The average molecular weight is 409 g/mol. The fourth-order valence-electron chi connectivity index (χ4n) is 4.44. The number of nitrogens with zero attached hydrogens (tertiary/aromatic N) is 2. The fraction of sp³-hybridized carbons (Fsp3) is 0.321. The first kappa shape index (κ1) is 21.0. The second kappa shape index (κ2) is 9.71. The number of hydrogen-bond acceptors (Lipinski definition) is 3. The number of aromatic nitrogens is 2. The van der Waals surface area contributed by atoms with Gasteiger partial charge in [0.05, 0.1) is 5.56 Å². The van der Waals surface area contributed by atoms with E-state index in [0.717, 1.165) is 36.2 Å². The van der Waals surface area contributed by atoms with E-state index in [1.165, 1.54) is 23.1 Å². The van der Waals surface area contributed by atoms with Crippen molar-refractivity contribution in [1.82, 2.24) is 9.97 Å². The Morgan fingerprint density at radius 3 is 2.48 bits per heavy atom. The first-order valence-electron chi connectivity index (χ1n) is 11.1. The first-order chi connectivity index (χ1) is 15.1. The van der Waals surface area contributed by atoms with Gasteiger partial charge in [-0.05, 0) is 66.8 Å². The Kier molecular flexibility index (Phi) is 6.57. The van der Waals surface area contributed by atoms with Gasteiger partial charge in [0.2, 0.25) is 0 Å². The molecule has 1 heterocycles. The molecule has 0 saturated heterocycles. The van der Waals surface area contributed by atoms with Gasteiger partial charge in [-0.3, -0.25) is 0 Å². The van der Waals surface area contributed by atoms with Crippen LogP contribution in [0.15, 0.2) is 60.9 Å². The number of Topliss-reactive ketones (excluding diaryl/α,β-unsaturated/α-hetero) is 1. The van der Waals surface area contributed by atoms with Gasteiger partial charge in [-0.15, -0.1) is 0 Å². The quantitative estimate of drug-likeness (QED) is 0.519. The number of ketones is 1. The molecule has 4 rings (SSSR count). The summed E-state index contributed by atoms with van der Waals surface area (Å²) in [6.45, 7) is 3.77. The summed E-state index contributed by atoms with van der Waals surface area (Å²) in [4.78, 5) is 20.4. The lowest BCUT2D eigenvalue weighted by atomic mass is 9.96. The van der Waals surface area contributed by atoms with E-state index in [-0.39, 0.29) is 5.78 Å². The van der Waals surface area contributed by atoms with Gasteiger partial charge in [0.15, 0.2) is 0 Å². The highest BCUT2D eigenvalue weighted by Gasteiger charge is 2.22. The van der Waals surface area contributed by atoms with Crippen molar-refractivity contribution in [1.29, 1.82) is 0 Å². The lowest BCUT2D eigenvalue weighted by Gasteiger charge is -2.10. The first-order valence-corrected chi connectivity index (χ1v) is 11.1. The molecule has 1 aliphatic carbocycles. The Bertz CT molecular complexity index is 1100. The Balaban J connectivity index is 1.35. The number of aryl methyl sites for hydroxylation is 1. The second-order valence-corrected chi connectivity index (χ2v) is 8.69. The van der Waals surface area contributed by atoms with E-state index in [9.17, 15) is 4.79 Å². The van der Waals surface area contributed by atoms with Crippen molar-refractivity contribution in [3.05, 3.63) is 94.6 Å². The minimum Gasteiger partial charge on any atom is -0.300 e.